The van der Waals surface area contributed by atoms with Crippen LogP contribution in [0.4, 0.5) is 0 Å². The lowest BCUT2D eigenvalue weighted by Crippen LogP contribution is -2.47. The SMILES string of the molecule is CC/C=C\C/C=C\C/C=C\C/C=C\C/C=C\C/C=C\C/C=C\CCCC(=O)OC(CCCCCCCCCCC)CCCCCCCC(=O)NCC(=O)NC(CO)C(=O)O. The molecular weight excluding hydrogens is 753 g/mol. The molecule has 0 fully saturated rings. The summed E-state index contributed by atoms with van der Waals surface area (Å²) in [5.74, 6) is -2.37. The van der Waals surface area contributed by atoms with Crippen LogP contribution in [0.1, 0.15) is 187 Å². The number of aliphatic hydroxyl groups is 1. The Morgan fingerprint density at radius 3 is 1.40 bits per heavy atom. The largest absolute Gasteiger partial charge is 0.480 e. The standard InChI is InChI=1S/C51H84N2O7/c1-3-5-7-9-11-13-14-15-16-17-18-19-20-21-22-23-24-25-26-28-30-35-39-43-50(57)60-46(40-36-32-29-27-12-10-8-6-4-2)41-37-33-31-34-38-42-48(55)52-44-49(56)53-47(45-54)51(58)59/h5,7,11,13,15-16,18-19,21-22,24-25,28,30,46-47,54H,3-4,6,8-10,12,14,17,20,23,26-27,29,31-45H2,1-2H3,(H,52,55)(H,53,56)(H,58,59)/b7-5-,13-11-,16-15-,19-18-,22-21-,25-24-,30-28-. The smallest absolute Gasteiger partial charge is 0.328 e. The van der Waals surface area contributed by atoms with Gasteiger partial charge in [0.25, 0.3) is 0 Å². The number of esters is 1. The van der Waals surface area contributed by atoms with Gasteiger partial charge in [0, 0.05) is 12.8 Å². The van der Waals surface area contributed by atoms with E-state index in [1.54, 1.807) is 0 Å². The van der Waals surface area contributed by atoms with E-state index in [1.807, 2.05) is 0 Å². The highest BCUT2D eigenvalue weighted by molar-refractivity contribution is 5.87. The number of carboxylic acids is 1. The third-order valence-electron chi connectivity index (χ3n) is 9.91. The molecule has 0 spiro atoms. The number of rotatable bonds is 41. The molecule has 0 rings (SSSR count). The summed E-state index contributed by atoms with van der Waals surface area (Å²) >= 11 is 0. The topological polar surface area (TPSA) is 142 Å². The first-order valence-electron chi connectivity index (χ1n) is 23.5. The Hall–Kier alpha value is -3.98. The molecule has 0 heterocycles. The van der Waals surface area contributed by atoms with Crippen LogP contribution in [0.15, 0.2) is 85.1 Å². The van der Waals surface area contributed by atoms with Gasteiger partial charge < -0.3 is 25.6 Å². The summed E-state index contributed by atoms with van der Waals surface area (Å²) in [7, 11) is 0. The van der Waals surface area contributed by atoms with Crippen LogP contribution in [-0.4, -0.2) is 59.3 Å². The van der Waals surface area contributed by atoms with Crippen LogP contribution in [0.5, 0.6) is 0 Å². The Kier molecular flexibility index (Phi) is 41.6. The van der Waals surface area contributed by atoms with E-state index in [0.29, 0.717) is 12.8 Å². The number of amides is 2. The van der Waals surface area contributed by atoms with Crippen LogP contribution < -0.4 is 10.6 Å². The number of hydrogen-bond donors (Lipinski definition) is 4. The second-order valence-corrected chi connectivity index (χ2v) is 15.5. The highest BCUT2D eigenvalue weighted by atomic mass is 16.5. The fourth-order valence-corrected chi connectivity index (χ4v) is 6.35. The maximum absolute atomic E-state index is 12.8. The van der Waals surface area contributed by atoms with Gasteiger partial charge in [-0.1, -0.05) is 170 Å². The number of ether oxygens (including phenoxy) is 1. The second kappa shape index (κ2) is 44.6. The Morgan fingerprint density at radius 1 is 0.517 bits per heavy atom. The molecule has 9 heteroatoms. The molecule has 0 radical (unpaired) electrons. The summed E-state index contributed by atoms with van der Waals surface area (Å²) in [4.78, 5) is 47.6. The Balaban J connectivity index is 4.32. The van der Waals surface area contributed by atoms with Crippen molar-refractivity contribution in [2.24, 2.45) is 0 Å². The lowest BCUT2D eigenvalue weighted by atomic mass is 10.0. The van der Waals surface area contributed by atoms with Crippen molar-refractivity contribution in [1.29, 1.82) is 0 Å². The van der Waals surface area contributed by atoms with E-state index < -0.39 is 24.5 Å². The summed E-state index contributed by atoms with van der Waals surface area (Å²) in [6.07, 6.45) is 57.6. The average Bonchev–Trinajstić information content (AvgIpc) is 3.23. The van der Waals surface area contributed by atoms with E-state index in [4.69, 9.17) is 14.9 Å². The minimum atomic E-state index is -1.39. The first kappa shape index (κ1) is 56.0. The summed E-state index contributed by atoms with van der Waals surface area (Å²) in [6, 6.07) is -1.39. The molecule has 60 heavy (non-hydrogen) atoms. The summed E-state index contributed by atoms with van der Waals surface area (Å²) < 4.78 is 6.00. The van der Waals surface area contributed by atoms with Crippen LogP contribution in [0.3, 0.4) is 0 Å². The van der Waals surface area contributed by atoms with Crippen LogP contribution >= 0.6 is 0 Å². The Labute approximate surface area is 365 Å². The van der Waals surface area contributed by atoms with E-state index in [-0.39, 0.29) is 30.9 Å². The van der Waals surface area contributed by atoms with Crippen molar-refractivity contribution in [2.45, 2.75) is 199 Å². The van der Waals surface area contributed by atoms with Crippen LogP contribution in [0.2, 0.25) is 0 Å². The third-order valence-corrected chi connectivity index (χ3v) is 9.91. The molecule has 0 aromatic carbocycles. The number of carbonyl (C=O) groups is 4. The zero-order valence-corrected chi connectivity index (χ0v) is 37.7. The predicted molar refractivity (Wildman–Crippen MR) is 250 cm³/mol. The van der Waals surface area contributed by atoms with Crippen LogP contribution in [0.25, 0.3) is 0 Å². The predicted octanol–water partition coefficient (Wildman–Crippen LogP) is 12.0. The van der Waals surface area contributed by atoms with Gasteiger partial charge in [-0.25, -0.2) is 4.79 Å². The maximum atomic E-state index is 12.8. The van der Waals surface area contributed by atoms with E-state index in [9.17, 15) is 19.2 Å². The molecule has 0 aromatic heterocycles. The Bertz CT molecular complexity index is 1280. The monoisotopic (exact) mass is 837 g/mol. The number of carbonyl (C=O) groups excluding carboxylic acids is 3. The number of nitrogens with one attached hydrogen (secondary N) is 2. The maximum Gasteiger partial charge on any atom is 0.328 e. The summed E-state index contributed by atoms with van der Waals surface area (Å²) in [6.45, 7) is 3.35. The molecule has 0 aliphatic heterocycles. The lowest BCUT2D eigenvalue weighted by Gasteiger charge is -2.18. The third kappa shape index (κ3) is 40.8. The van der Waals surface area contributed by atoms with Gasteiger partial charge in [0.2, 0.25) is 11.8 Å². The molecular formula is C51H84N2O7. The van der Waals surface area contributed by atoms with E-state index in [0.717, 1.165) is 103 Å². The van der Waals surface area contributed by atoms with Gasteiger partial charge in [0.1, 0.15) is 12.1 Å². The Morgan fingerprint density at radius 2 is 0.950 bits per heavy atom. The highest BCUT2D eigenvalue weighted by Crippen LogP contribution is 2.18. The van der Waals surface area contributed by atoms with Gasteiger partial charge in [-0.15, -0.1) is 0 Å². The van der Waals surface area contributed by atoms with Crippen LogP contribution in [0, 0.1) is 0 Å². The van der Waals surface area contributed by atoms with Gasteiger partial charge in [-0.05, 0) is 89.9 Å². The first-order valence-corrected chi connectivity index (χ1v) is 23.5. The summed E-state index contributed by atoms with van der Waals surface area (Å²) in [5.41, 5.74) is 0. The average molecular weight is 837 g/mol. The number of carboxylic acid groups (broad SMARTS) is 1. The molecule has 0 aliphatic rings. The molecule has 0 saturated carbocycles. The van der Waals surface area contributed by atoms with Gasteiger partial charge >= 0.3 is 11.9 Å². The molecule has 0 aliphatic carbocycles. The molecule has 2 amide bonds. The summed E-state index contributed by atoms with van der Waals surface area (Å²) in [5, 5.41) is 22.6. The van der Waals surface area contributed by atoms with Gasteiger partial charge in [0.15, 0.2) is 0 Å². The number of aliphatic hydroxyl groups excluding tert-OH is 1. The first-order chi connectivity index (χ1) is 29.3. The van der Waals surface area contributed by atoms with Crippen molar-refractivity contribution < 1.29 is 34.1 Å². The lowest BCUT2D eigenvalue weighted by molar-refractivity contribution is -0.150. The fraction of sp³-hybridized carbons (Fsp3) is 0.647. The minimum Gasteiger partial charge on any atom is -0.480 e. The zero-order chi connectivity index (χ0) is 44.0. The molecule has 4 N–H and O–H groups in total. The van der Waals surface area contributed by atoms with Crippen molar-refractivity contribution in [1.82, 2.24) is 10.6 Å². The number of aliphatic carboxylic acids is 1. The molecule has 9 nitrogen and oxygen atoms in total. The highest BCUT2D eigenvalue weighted by Gasteiger charge is 2.19. The molecule has 2 atom stereocenters. The molecule has 2 unspecified atom stereocenters. The van der Waals surface area contributed by atoms with Gasteiger partial charge in [-0.3, -0.25) is 14.4 Å². The minimum absolute atomic E-state index is 0.0471. The molecule has 0 saturated heterocycles. The second-order valence-electron chi connectivity index (χ2n) is 15.5. The van der Waals surface area contributed by atoms with E-state index >= 15 is 0 Å². The fourth-order valence-electron chi connectivity index (χ4n) is 6.35. The zero-order valence-electron chi connectivity index (χ0n) is 37.7. The number of hydrogen-bond acceptors (Lipinski definition) is 6. The van der Waals surface area contributed by atoms with E-state index in [1.165, 1.54) is 51.4 Å². The number of unbranched alkanes of at least 4 members (excludes halogenated alkanes) is 13. The van der Waals surface area contributed by atoms with Crippen molar-refractivity contribution >= 4 is 23.8 Å². The quantitative estimate of drug-likeness (QED) is 0.0273. The van der Waals surface area contributed by atoms with E-state index in [2.05, 4.69) is 110 Å². The van der Waals surface area contributed by atoms with Crippen LogP contribution in [-0.2, 0) is 23.9 Å². The molecule has 0 aromatic rings. The molecule has 0 bridgehead atoms. The normalized spacial score (nSPS) is 13.2. The van der Waals surface area contributed by atoms with Crippen molar-refractivity contribution in [3.8, 4) is 0 Å². The van der Waals surface area contributed by atoms with Crippen molar-refractivity contribution in [2.75, 3.05) is 13.2 Å². The number of allylic oxidation sites excluding steroid dienone is 14. The van der Waals surface area contributed by atoms with Crippen molar-refractivity contribution in [3.63, 3.8) is 0 Å². The van der Waals surface area contributed by atoms with Crippen molar-refractivity contribution in [3.05, 3.63) is 85.1 Å². The van der Waals surface area contributed by atoms with Gasteiger partial charge in [0.05, 0.1) is 13.2 Å². The molecule has 340 valence electrons. The van der Waals surface area contributed by atoms with Gasteiger partial charge in [-0.2, -0.15) is 0 Å².